The molecule has 1 heterocycles. The van der Waals surface area contributed by atoms with E-state index in [0.717, 1.165) is 44.2 Å². The maximum atomic E-state index is 12.8. The Morgan fingerprint density at radius 3 is 2.60 bits per heavy atom. The lowest BCUT2D eigenvalue weighted by atomic mass is 10.1. The Morgan fingerprint density at radius 2 is 1.96 bits per heavy atom. The van der Waals surface area contributed by atoms with Gasteiger partial charge < -0.3 is 19.7 Å². The van der Waals surface area contributed by atoms with Crippen LogP contribution >= 0.6 is 0 Å². The number of para-hydroxylation sites is 1. The van der Waals surface area contributed by atoms with Crippen molar-refractivity contribution in [2.24, 2.45) is 0 Å². The Morgan fingerprint density at radius 1 is 1.28 bits per heavy atom. The fourth-order valence-corrected chi connectivity index (χ4v) is 2.78. The van der Waals surface area contributed by atoms with Crippen molar-refractivity contribution in [1.29, 1.82) is 0 Å². The van der Waals surface area contributed by atoms with Crippen molar-refractivity contribution in [2.75, 3.05) is 46.5 Å². The van der Waals surface area contributed by atoms with Gasteiger partial charge in [-0.15, -0.1) is 0 Å². The summed E-state index contributed by atoms with van der Waals surface area (Å²) in [6, 6.07) is 7.80. The largest absolute Gasteiger partial charge is 0.496 e. The SMILES string of the molecule is COc1ccccc1CN(CCN1CCOCC1)C(=O)NC(C)(C)C. The first-order chi connectivity index (χ1) is 11.9. The summed E-state index contributed by atoms with van der Waals surface area (Å²) in [6.07, 6.45) is 0. The van der Waals surface area contributed by atoms with Crippen molar-refractivity contribution in [2.45, 2.75) is 32.9 Å². The van der Waals surface area contributed by atoms with Gasteiger partial charge >= 0.3 is 6.03 Å². The molecule has 1 N–H and O–H groups in total. The van der Waals surface area contributed by atoms with Crippen LogP contribution in [0.5, 0.6) is 5.75 Å². The van der Waals surface area contributed by atoms with Crippen LogP contribution in [0.2, 0.25) is 0 Å². The normalized spacial score (nSPS) is 15.7. The number of benzene rings is 1. The second-order valence-corrected chi connectivity index (χ2v) is 7.37. The maximum absolute atomic E-state index is 12.8. The predicted molar refractivity (Wildman–Crippen MR) is 98.9 cm³/mol. The van der Waals surface area contributed by atoms with E-state index >= 15 is 0 Å². The molecule has 1 aliphatic heterocycles. The zero-order chi connectivity index (χ0) is 18.3. The second-order valence-electron chi connectivity index (χ2n) is 7.37. The van der Waals surface area contributed by atoms with E-state index in [9.17, 15) is 4.79 Å². The molecule has 0 atom stereocenters. The van der Waals surface area contributed by atoms with Gasteiger partial charge in [-0.05, 0) is 26.8 Å². The fourth-order valence-electron chi connectivity index (χ4n) is 2.78. The number of urea groups is 1. The van der Waals surface area contributed by atoms with Crippen LogP contribution in [-0.2, 0) is 11.3 Å². The molecule has 1 aromatic rings. The summed E-state index contributed by atoms with van der Waals surface area (Å²) < 4.78 is 10.8. The Labute approximate surface area is 151 Å². The van der Waals surface area contributed by atoms with Gasteiger partial charge in [0.05, 0.1) is 26.9 Å². The molecule has 0 aliphatic carbocycles. The fraction of sp³-hybridized carbons (Fsp3) is 0.632. The molecule has 0 aromatic heterocycles. The first-order valence-electron chi connectivity index (χ1n) is 8.88. The molecule has 0 radical (unpaired) electrons. The monoisotopic (exact) mass is 349 g/mol. The first kappa shape index (κ1) is 19.5. The molecule has 140 valence electrons. The van der Waals surface area contributed by atoms with Gasteiger partial charge in [-0.2, -0.15) is 0 Å². The van der Waals surface area contributed by atoms with E-state index in [1.54, 1.807) is 7.11 Å². The van der Waals surface area contributed by atoms with Crippen LogP contribution in [0, 0.1) is 0 Å². The van der Waals surface area contributed by atoms with Crippen molar-refractivity contribution in [3.05, 3.63) is 29.8 Å². The Hall–Kier alpha value is -1.79. The lowest BCUT2D eigenvalue weighted by molar-refractivity contribution is 0.0345. The molecule has 2 amide bonds. The van der Waals surface area contributed by atoms with Crippen LogP contribution in [0.1, 0.15) is 26.3 Å². The number of hydrogen-bond acceptors (Lipinski definition) is 4. The first-order valence-corrected chi connectivity index (χ1v) is 8.88. The summed E-state index contributed by atoms with van der Waals surface area (Å²) in [6.45, 7) is 11.4. The molecule has 1 fully saturated rings. The summed E-state index contributed by atoms with van der Waals surface area (Å²) in [5.41, 5.74) is 0.741. The third kappa shape index (κ3) is 6.55. The van der Waals surface area contributed by atoms with Crippen LogP contribution in [0.4, 0.5) is 4.79 Å². The molecule has 25 heavy (non-hydrogen) atoms. The minimum Gasteiger partial charge on any atom is -0.496 e. The second kappa shape index (κ2) is 9.06. The Balaban J connectivity index is 2.06. The molecule has 6 heteroatoms. The van der Waals surface area contributed by atoms with Gasteiger partial charge in [0, 0.05) is 37.3 Å². The van der Waals surface area contributed by atoms with E-state index in [1.165, 1.54) is 0 Å². The number of morpholine rings is 1. The summed E-state index contributed by atoms with van der Waals surface area (Å²) in [5, 5.41) is 3.07. The van der Waals surface area contributed by atoms with Crippen LogP contribution in [0.3, 0.4) is 0 Å². The number of nitrogens with zero attached hydrogens (tertiary/aromatic N) is 2. The van der Waals surface area contributed by atoms with E-state index in [1.807, 2.05) is 49.9 Å². The summed E-state index contributed by atoms with van der Waals surface area (Å²) in [5.74, 6) is 0.808. The van der Waals surface area contributed by atoms with Gasteiger partial charge in [0.25, 0.3) is 0 Å². The third-order valence-corrected chi connectivity index (χ3v) is 4.11. The van der Waals surface area contributed by atoms with E-state index < -0.39 is 0 Å². The van der Waals surface area contributed by atoms with E-state index in [0.29, 0.717) is 13.1 Å². The van der Waals surface area contributed by atoms with Gasteiger partial charge in [-0.3, -0.25) is 4.90 Å². The van der Waals surface area contributed by atoms with Gasteiger partial charge in [-0.1, -0.05) is 18.2 Å². The van der Waals surface area contributed by atoms with Crippen molar-refractivity contribution in [3.8, 4) is 5.75 Å². The number of amides is 2. The Kier molecular flexibility index (Phi) is 7.08. The number of ether oxygens (including phenoxy) is 2. The summed E-state index contributed by atoms with van der Waals surface area (Å²) in [7, 11) is 1.66. The van der Waals surface area contributed by atoms with Crippen molar-refractivity contribution >= 4 is 6.03 Å². The smallest absolute Gasteiger partial charge is 0.318 e. The number of nitrogens with one attached hydrogen (secondary N) is 1. The summed E-state index contributed by atoms with van der Waals surface area (Å²) in [4.78, 5) is 17.0. The minimum atomic E-state index is -0.269. The standard InChI is InChI=1S/C19H31N3O3/c1-19(2,3)20-18(23)22(10-9-21-11-13-25-14-12-21)15-16-7-5-6-8-17(16)24-4/h5-8H,9-15H2,1-4H3,(H,20,23). The molecule has 6 nitrogen and oxygen atoms in total. The molecular formula is C19H31N3O3. The molecule has 0 spiro atoms. The minimum absolute atomic E-state index is 0.0494. The highest BCUT2D eigenvalue weighted by Gasteiger charge is 2.22. The molecule has 0 bridgehead atoms. The average molecular weight is 349 g/mol. The van der Waals surface area contributed by atoms with Crippen LogP contribution in [0.25, 0.3) is 0 Å². The molecule has 2 rings (SSSR count). The van der Waals surface area contributed by atoms with Gasteiger partial charge in [0.2, 0.25) is 0 Å². The summed E-state index contributed by atoms with van der Waals surface area (Å²) >= 11 is 0. The highest BCUT2D eigenvalue weighted by molar-refractivity contribution is 5.75. The maximum Gasteiger partial charge on any atom is 0.318 e. The Bertz CT molecular complexity index is 551. The quantitative estimate of drug-likeness (QED) is 0.856. The number of methoxy groups -OCH3 is 1. The topological polar surface area (TPSA) is 54.0 Å². The zero-order valence-corrected chi connectivity index (χ0v) is 15.9. The molecule has 1 saturated heterocycles. The number of carbonyl (C=O) groups excluding carboxylic acids is 1. The van der Waals surface area contributed by atoms with Crippen LogP contribution < -0.4 is 10.1 Å². The lowest BCUT2D eigenvalue weighted by Gasteiger charge is -2.32. The van der Waals surface area contributed by atoms with Crippen molar-refractivity contribution in [1.82, 2.24) is 15.1 Å². The van der Waals surface area contributed by atoms with Gasteiger partial charge in [-0.25, -0.2) is 4.79 Å². The predicted octanol–water partition coefficient (Wildman–Crippen LogP) is 2.34. The molecule has 1 aromatic carbocycles. The van der Waals surface area contributed by atoms with Crippen LogP contribution in [-0.4, -0.2) is 67.9 Å². The lowest BCUT2D eigenvalue weighted by Crippen LogP contribution is -2.50. The average Bonchev–Trinajstić information content (AvgIpc) is 2.58. The van der Waals surface area contributed by atoms with E-state index in [-0.39, 0.29) is 11.6 Å². The number of rotatable bonds is 6. The highest BCUT2D eigenvalue weighted by atomic mass is 16.5. The van der Waals surface area contributed by atoms with Crippen molar-refractivity contribution in [3.63, 3.8) is 0 Å². The third-order valence-electron chi connectivity index (χ3n) is 4.11. The van der Waals surface area contributed by atoms with Gasteiger partial charge in [0.1, 0.15) is 5.75 Å². The molecular weight excluding hydrogens is 318 g/mol. The number of carbonyl (C=O) groups is 1. The molecule has 0 unspecified atom stereocenters. The van der Waals surface area contributed by atoms with E-state index in [2.05, 4.69) is 10.2 Å². The van der Waals surface area contributed by atoms with Crippen molar-refractivity contribution < 1.29 is 14.3 Å². The molecule has 0 saturated carbocycles. The molecule has 1 aliphatic rings. The van der Waals surface area contributed by atoms with Crippen LogP contribution in [0.15, 0.2) is 24.3 Å². The zero-order valence-electron chi connectivity index (χ0n) is 15.9. The highest BCUT2D eigenvalue weighted by Crippen LogP contribution is 2.19. The number of hydrogen-bond donors (Lipinski definition) is 1. The van der Waals surface area contributed by atoms with E-state index in [4.69, 9.17) is 9.47 Å². The van der Waals surface area contributed by atoms with Gasteiger partial charge in [0.15, 0.2) is 0 Å².